The van der Waals surface area contributed by atoms with Gasteiger partial charge in [-0.25, -0.2) is 4.39 Å². The van der Waals surface area contributed by atoms with Crippen LogP contribution in [0.2, 0.25) is 0 Å². The Morgan fingerprint density at radius 1 is 1.05 bits per heavy atom. The summed E-state index contributed by atoms with van der Waals surface area (Å²) in [5.74, 6) is 0.390. The van der Waals surface area contributed by atoms with Crippen LogP contribution < -0.4 is 5.73 Å². The molecule has 100 valence electrons. The van der Waals surface area contributed by atoms with Gasteiger partial charge < -0.3 is 5.73 Å². The molecule has 0 saturated heterocycles. The first kappa shape index (κ1) is 13.8. The van der Waals surface area contributed by atoms with E-state index in [9.17, 15) is 4.39 Å². The molecule has 2 N–H and O–H groups in total. The molecule has 19 heavy (non-hydrogen) atoms. The minimum absolute atomic E-state index is 0.228. The number of hydrogen-bond donors (Lipinski definition) is 1. The van der Waals surface area contributed by atoms with Crippen LogP contribution in [0, 0.1) is 11.7 Å². The highest BCUT2D eigenvalue weighted by atomic mass is 19.1. The van der Waals surface area contributed by atoms with Crippen molar-refractivity contribution < 1.29 is 4.39 Å². The molecule has 0 bridgehead atoms. The average Bonchev–Trinajstić information content (AvgIpc) is 2.38. The van der Waals surface area contributed by atoms with E-state index in [0.717, 1.165) is 17.5 Å². The van der Waals surface area contributed by atoms with Crippen LogP contribution in [0.25, 0.3) is 11.1 Å². The van der Waals surface area contributed by atoms with Crippen LogP contribution in [0.5, 0.6) is 0 Å². The summed E-state index contributed by atoms with van der Waals surface area (Å²) in [5.41, 5.74) is 9.28. The fourth-order valence-corrected chi connectivity index (χ4v) is 2.24. The first-order valence-corrected chi connectivity index (χ1v) is 6.68. The Bertz CT molecular complexity index is 561. The van der Waals surface area contributed by atoms with Gasteiger partial charge in [0.05, 0.1) is 0 Å². The second kappa shape index (κ2) is 5.98. The van der Waals surface area contributed by atoms with E-state index in [4.69, 9.17) is 5.73 Å². The lowest BCUT2D eigenvalue weighted by Crippen LogP contribution is -1.99. The zero-order valence-electron chi connectivity index (χ0n) is 11.5. The van der Waals surface area contributed by atoms with Crippen molar-refractivity contribution >= 4 is 0 Å². The van der Waals surface area contributed by atoms with Crippen molar-refractivity contribution in [3.8, 4) is 11.1 Å². The van der Waals surface area contributed by atoms with Crippen molar-refractivity contribution in [1.82, 2.24) is 0 Å². The molecule has 0 heterocycles. The van der Waals surface area contributed by atoms with Gasteiger partial charge >= 0.3 is 0 Å². The van der Waals surface area contributed by atoms with Gasteiger partial charge in [0.1, 0.15) is 5.82 Å². The number of nitrogens with two attached hydrogens (primary N) is 1. The normalized spacial score (nSPS) is 11.0. The smallest absolute Gasteiger partial charge is 0.128 e. The second-order valence-electron chi connectivity index (χ2n) is 5.31. The Morgan fingerprint density at radius 2 is 1.79 bits per heavy atom. The van der Waals surface area contributed by atoms with Crippen LogP contribution in [-0.2, 0) is 13.0 Å². The van der Waals surface area contributed by atoms with Crippen molar-refractivity contribution in [2.24, 2.45) is 11.7 Å². The fourth-order valence-electron chi connectivity index (χ4n) is 2.24. The molecule has 0 saturated carbocycles. The summed E-state index contributed by atoms with van der Waals surface area (Å²) in [6, 6.07) is 13.6. The maximum atomic E-state index is 13.8. The molecule has 2 rings (SSSR count). The van der Waals surface area contributed by atoms with E-state index in [2.05, 4.69) is 26.0 Å². The first-order chi connectivity index (χ1) is 9.10. The summed E-state index contributed by atoms with van der Waals surface area (Å²) < 4.78 is 13.8. The standard InChI is InChI=1S/C17H20FN/c1-12(2)8-13-4-3-5-14(9-13)15-6-7-16(11-19)17(18)10-15/h3-7,9-10,12H,8,11,19H2,1-2H3. The Hall–Kier alpha value is -1.67. The van der Waals surface area contributed by atoms with Gasteiger partial charge in [0.2, 0.25) is 0 Å². The summed E-state index contributed by atoms with van der Waals surface area (Å²) >= 11 is 0. The molecule has 2 aromatic carbocycles. The largest absolute Gasteiger partial charge is 0.326 e. The molecule has 0 atom stereocenters. The van der Waals surface area contributed by atoms with Gasteiger partial charge in [-0.05, 0) is 35.1 Å². The Labute approximate surface area is 114 Å². The van der Waals surface area contributed by atoms with E-state index in [0.29, 0.717) is 11.5 Å². The predicted octanol–water partition coefficient (Wildman–Crippen LogP) is 4.15. The van der Waals surface area contributed by atoms with Gasteiger partial charge in [-0.1, -0.05) is 50.2 Å². The molecule has 0 radical (unpaired) electrons. The summed E-state index contributed by atoms with van der Waals surface area (Å²) in [4.78, 5) is 0. The van der Waals surface area contributed by atoms with E-state index in [1.54, 1.807) is 12.1 Å². The quantitative estimate of drug-likeness (QED) is 0.874. The molecule has 1 nitrogen and oxygen atoms in total. The number of benzene rings is 2. The zero-order valence-corrected chi connectivity index (χ0v) is 11.5. The maximum Gasteiger partial charge on any atom is 0.128 e. The van der Waals surface area contributed by atoms with Gasteiger partial charge in [-0.2, -0.15) is 0 Å². The predicted molar refractivity (Wildman–Crippen MR) is 78.3 cm³/mol. The maximum absolute atomic E-state index is 13.8. The van der Waals surface area contributed by atoms with Crippen molar-refractivity contribution in [3.05, 3.63) is 59.4 Å². The molecule has 2 heteroatoms. The molecule has 0 aliphatic heterocycles. The van der Waals surface area contributed by atoms with E-state index < -0.39 is 0 Å². The van der Waals surface area contributed by atoms with Gasteiger partial charge in [0.15, 0.2) is 0 Å². The third-order valence-corrected chi connectivity index (χ3v) is 3.18. The van der Waals surface area contributed by atoms with Gasteiger partial charge in [-0.15, -0.1) is 0 Å². The molecule has 0 unspecified atom stereocenters. The van der Waals surface area contributed by atoms with E-state index in [1.165, 1.54) is 5.56 Å². The molecule has 0 spiro atoms. The van der Waals surface area contributed by atoms with Crippen molar-refractivity contribution in [2.45, 2.75) is 26.8 Å². The van der Waals surface area contributed by atoms with Crippen LogP contribution in [0.1, 0.15) is 25.0 Å². The lowest BCUT2D eigenvalue weighted by molar-refractivity contribution is 0.611. The molecule has 0 amide bonds. The van der Waals surface area contributed by atoms with Crippen LogP contribution in [0.4, 0.5) is 4.39 Å². The minimum Gasteiger partial charge on any atom is -0.326 e. The number of halogens is 1. The zero-order chi connectivity index (χ0) is 13.8. The lowest BCUT2D eigenvalue weighted by atomic mass is 9.97. The lowest BCUT2D eigenvalue weighted by Gasteiger charge is -2.09. The summed E-state index contributed by atoms with van der Waals surface area (Å²) in [6.45, 7) is 4.63. The molecule has 0 aliphatic carbocycles. The van der Waals surface area contributed by atoms with Crippen molar-refractivity contribution in [3.63, 3.8) is 0 Å². The molecular formula is C17H20FN. The fraction of sp³-hybridized carbons (Fsp3) is 0.294. The SMILES string of the molecule is CC(C)Cc1cccc(-c2ccc(CN)c(F)c2)c1. The van der Waals surface area contributed by atoms with Gasteiger partial charge in [-0.3, -0.25) is 0 Å². The third-order valence-electron chi connectivity index (χ3n) is 3.18. The van der Waals surface area contributed by atoms with E-state index in [-0.39, 0.29) is 12.4 Å². The highest BCUT2D eigenvalue weighted by Gasteiger charge is 2.05. The van der Waals surface area contributed by atoms with E-state index >= 15 is 0 Å². The Morgan fingerprint density at radius 3 is 2.42 bits per heavy atom. The van der Waals surface area contributed by atoms with Crippen molar-refractivity contribution in [2.75, 3.05) is 0 Å². The van der Waals surface area contributed by atoms with Crippen LogP contribution >= 0.6 is 0 Å². The highest BCUT2D eigenvalue weighted by molar-refractivity contribution is 5.64. The molecule has 0 aliphatic rings. The number of hydrogen-bond acceptors (Lipinski definition) is 1. The second-order valence-corrected chi connectivity index (χ2v) is 5.31. The average molecular weight is 257 g/mol. The Kier molecular flexibility index (Phi) is 4.33. The summed E-state index contributed by atoms with van der Waals surface area (Å²) in [7, 11) is 0. The third kappa shape index (κ3) is 3.42. The molecule has 0 fully saturated rings. The molecule has 0 aromatic heterocycles. The van der Waals surface area contributed by atoms with E-state index in [1.807, 2.05) is 18.2 Å². The van der Waals surface area contributed by atoms with Crippen molar-refractivity contribution in [1.29, 1.82) is 0 Å². The summed E-state index contributed by atoms with van der Waals surface area (Å²) in [5, 5.41) is 0. The monoisotopic (exact) mass is 257 g/mol. The van der Waals surface area contributed by atoms with Crippen LogP contribution in [-0.4, -0.2) is 0 Å². The summed E-state index contributed by atoms with van der Waals surface area (Å²) in [6.07, 6.45) is 1.04. The topological polar surface area (TPSA) is 26.0 Å². The van der Waals surface area contributed by atoms with Crippen LogP contribution in [0.3, 0.4) is 0 Å². The first-order valence-electron chi connectivity index (χ1n) is 6.68. The van der Waals surface area contributed by atoms with Gasteiger partial charge in [0, 0.05) is 12.1 Å². The molecular weight excluding hydrogens is 237 g/mol. The molecule has 2 aromatic rings. The highest BCUT2D eigenvalue weighted by Crippen LogP contribution is 2.23. The minimum atomic E-state index is -0.228. The number of rotatable bonds is 4. The Balaban J connectivity index is 2.33. The van der Waals surface area contributed by atoms with Gasteiger partial charge in [0.25, 0.3) is 0 Å². The van der Waals surface area contributed by atoms with Crippen LogP contribution in [0.15, 0.2) is 42.5 Å².